The fourth-order valence-corrected chi connectivity index (χ4v) is 2.80. The van der Waals surface area contributed by atoms with Crippen molar-refractivity contribution in [3.63, 3.8) is 0 Å². The molecule has 2 rings (SSSR count). The van der Waals surface area contributed by atoms with Gasteiger partial charge in [0.15, 0.2) is 0 Å². The van der Waals surface area contributed by atoms with Gasteiger partial charge in [0, 0.05) is 6.07 Å². The van der Waals surface area contributed by atoms with Gasteiger partial charge in [0.25, 0.3) is 0 Å². The van der Waals surface area contributed by atoms with Crippen LogP contribution in [-0.4, -0.2) is 9.13 Å². The van der Waals surface area contributed by atoms with Crippen LogP contribution < -0.4 is 0 Å². The highest BCUT2D eigenvalue weighted by Gasteiger charge is 2.16. The van der Waals surface area contributed by atoms with Gasteiger partial charge in [-0.1, -0.05) is 18.2 Å². The van der Waals surface area contributed by atoms with E-state index in [4.69, 9.17) is 0 Å². The van der Waals surface area contributed by atoms with Crippen LogP contribution in [0, 0.1) is 21.7 Å². The Morgan fingerprint density at radius 1 is 1.10 bits per heavy atom. The molecule has 0 radical (unpaired) electrons. The maximum Gasteiger partial charge on any atom is 0.304 e. The molecule has 0 saturated carbocycles. The molecule has 4 nitrogen and oxygen atoms in total. The van der Waals surface area contributed by atoms with Crippen LogP contribution in [0.3, 0.4) is 0 Å². The van der Waals surface area contributed by atoms with Gasteiger partial charge in [0.2, 0.25) is 5.82 Å². The Kier molecular flexibility index (Phi) is 4.19. The Morgan fingerprint density at radius 2 is 1.80 bits per heavy atom. The van der Waals surface area contributed by atoms with Crippen LogP contribution in [0.2, 0.25) is 0 Å². The molecule has 1 atom stereocenters. The Hall–Kier alpha value is -2.15. The molecule has 0 N–H and O–H groups in total. The molecule has 2 aromatic rings. The zero-order valence-electron chi connectivity index (χ0n) is 10.1. The second-order valence-electron chi connectivity index (χ2n) is 3.96. The van der Waals surface area contributed by atoms with Crippen LogP contribution in [0.1, 0.15) is 5.56 Å². The summed E-state index contributed by atoms with van der Waals surface area (Å²) in [5.41, 5.74) is -0.347. The van der Waals surface area contributed by atoms with Crippen molar-refractivity contribution in [1.82, 2.24) is 0 Å². The Morgan fingerprint density at radius 3 is 2.40 bits per heavy atom. The lowest BCUT2D eigenvalue weighted by atomic mass is 10.2. The molecule has 0 aliphatic carbocycles. The summed E-state index contributed by atoms with van der Waals surface area (Å²) in [5.74, 6) is -1.72. The topological polar surface area (TPSA) is 60.2 Å². The number of rotatable bonds is 4. The van der Waals surface area contributed by atoms with Crippen LogP contribution in [0.4, 0.5) is 14.5 Å². The highest BCUT2D eigenvalue weighted by atomic mass is 32.2. The summed E-state index contributed by atoms with van der Waals surface area (Å²) in [6.45, 7) is 0. The van der Waals surface area contributed by atoms with Crippen molar-refractivity contribution in [2.24, 2.45) is 0 Å². The zero-order valence-corrected chi connectivity index (χ0v) is 10.9. The summed E-state index contributed by atoms with van der Waals surface area (Å²) in [5, 5.41) is 10.5. The molecule has 2 aromatic carbocycles. The summed E-state index contributed by atoms with van der Waals surface area (Å²) in [4.78, 5) is 9.66. The summed E-state index contributed by atoms with van der Waals surface area (Å²) >= 11 is 0. The number of nitro groups is 1. The second-order valence-corrected chi connectivity index (χ2v) is 5.38. The molecule has 104 valence electrons. The number of hydrogen-bond donors (Lipinski definition) is 0. The first-order valence-electron chi connectivity index (χ1n) is 5.55. The first-order valence-corrected chi connectivity index (χ1v) is 6.86. The van der Waals surface area contributed by atoms with Crippen molar-refractivity contribution in [2.45, 2.75) is 10.6 Å². The van der Waals surface area contributed by atoms with Gasteiger partial charge < -0.3 is 0 Å². The average Bonchev–Trinajstić information content (AvgIpc) is 2.38. The van der Waals surface area contributed by atoms with Gasteiger partial charge in [0.1, 0.15) is 5.82 Å². The number of nitro benzene ring substituents is 1. The standard InChI is InChI=1S/C13H9F2NO3S/c14-10-3-1-2-4-13(10)20(19)8-9-5-6-12(16(17)18)11(15)7-9/h1-7H,8H2. The van der Waals surface area contributed by atoms with E-state index in [1.807, 2.05) is 0 Å². The molecule has 0 saturated heterocycles. The maximum absolute atomic E-state index is 13.4. The minimum atomic E-state index is -1.68. The third kappa shape index (κ3) is 3.05. The highest BCUT2D eigenvalue weighted by Crippen LogP contribution is 2.21. The Bertz CT molecular complexity index is 691. The number of hydrogen-bond acceptors (Lipinski definition) is 3. The van der Waals surface area contributed by atoms with E-state index in [9.17, 15) is 23.1 Å². The van der Waals surface area contributed by atoms with E-state index in [0.717, 1.165) is 12.1 Å². The van der Waals surface area contributed by atoms with Crippen LogP contribution in [0.15, 0.2) is 47.4 Å². The smallest absolute Gasteiger partial charge is 0.258 e. The third-order valence-corrected chi connectivity index (χ3v) is 4.01. The SMILES string of the molecule is O=[N+]([O-])c1ccc(CS(=O)c2ccccc2F)cc1F. The first kappa shape index (κ1) is 14.3. The van der Waals surface area contributed by atoms with Gasteiger partial charge in [-0.3, -0.25) is 14.3 Å². The van der Waals surface area contributed by atoms with Crippen molar-refractivity contribution in [3.05, 3.63) is 69.8 Å². The lowest BCUT2D eigenvalue weighted by molar-refractivity contribution is -0.387. The van der Waals surface area contributed by atoms with Crippen LogP contribution in [-0.2, 0) is 16.6 Å². The molecule has 20 heavy (non-hydrogen) atoms. The molecule has 0 amide bonds. The molecule has 7 heteroatoms. The summed E-state index contributed by atoms with van der Waals surface area (Å²) in [7, 11) is -1.68. The van der Waals surface area contributed by atoms with E-state index in [1.165, 1.54) is 24.3 Å². The van der Waals surface area contributed by atoms with Gasteiger partial charge in [0.05, 0.1) is 26.4 Å². The quantitative estimate of drug-likeness (QED) is 0.643. The van der Waals surface area contributed by atoms with Gasteiger partial charge in [-0.25, -0.2) is 4.39 Å². The first-order chi connectivity index (χ1) is 9.49. The van der Waals surface area contributed by atoms with Gasteiger partial charge in [-0.05, 0) is 23.8 Å². The summed E-state index contributed by atoms with van der Waals surface area (Å²) in [6, 6.07) is 8.84. The average molecular weight is 297 g/mol. The van der Waals surface area contributed by atoms with E-state index in [-0.39, 0.29) is 10.6 Å². The van der Waals surface area contributed by atoms with Gasteiger partial charge in [-0.15, -0.1) is 0 Å². The van der Waals surface area contributed by atoms with Gasteiger partial charge in [-0.2, -0.15) is 4.39 Å². The lowest BCUT2D eigenvalue weighted by Crippen LogP contribution is -2.00. The molecule has 0 bridgehead atoms. The number of benzene rings is 2. The largest absolute Gasteiger partial charge is 0.304 e. The second kappa shape index (κ2) is 5.87. The molecule has 0 heterocycles. The lowest BCUT2D eigenvalue weighted by Gasteiger charge is -2.04. The fourth-order valence-electron chi connectivity index (χ4n) is 1.65. The van der Waals surface area contributed by atoms with Crippen molar-refractivity contribution in [1.29, 1.82) is 0 Å². The maximum atomic E-state index is 13.4. The van der Waals surface area contributed by atoms with Crippen LogP contribution in [0.25, 0.3) is 0 Å². The summed E-state index contributed by atoms with van der Waals surface area (Å²) in [6.07, 6.45) is 0. The highest BCUT2D eigenvalue weighted by molar-refractivity contribution is 7.84. The van der Waals surface area contributed by atoms with Gasteiger partial charge >= 0.3 is 5.69 Å². The van der Waals surface area contributed by atoms with E-state index < -0.39 is 33.0 Å². The molecule has 0 aromatic heterocycles. The summed E-state index contributed by atoms with van der Waals surface area (Å²) < 4.78 is 38.8. The third-order valence-electron chi connectivity index (χ3n) is 2.59. The van der Waals surface area contributed by atoms with Crippen molar-refractivity contribution in [2.75, 3.05) is 0 Å². The van der Waals surface area contributed by atoms with E-state index in [2.05, 4.69) is 0 Å². The zero-order chi connectivity index (χ0) is 14.7. The van der Waals surface area contributed by atoms with E-state index in [1.54, 1.807) is 6.07 Å². The molecule has 1 unspecified atom stereocenters. The molecule has 0 spiro atoms. The molecular formula is C13H9F2NO3S. The van der Waals surface area contributed by atoms with Crippen molar-refractivity contribution in [3.8, 4) is 0 Å². The normalized spacial score (nSPS) is 12.1. The number of nitrogens with zero attached hydrogens (tertiary/aromatic N) is 1. The minimum Gasteiger partial charge on any atom is -0.258 e. The number of halogens is 2. The molecule has 0 aliphatic heterocycles. The van der Waals surface area contributed by atoms with Crippen molar-refractivity contribution >= 4 is 16.5 Å². The molecule has 0 fully saturated rings. The van der Waals surface area contributed by atoms with Crippen LogP contribution >= 0.6 is 0 Å². The molecule has 0 aliphatic rings. The predicted molar refractivity (Wildman–Crippen MR) is 69.6 cm³/mol. The minimum absolute atomic E-state index is 0.0197. The van der Waals surface area contributed by atoms with Crippen LogP contribution in [0.5, 0.6) is 0 Å². The van der Waals surface area contributed by atoms with Crippen molar-refractivity contribution < 1.29 is 17.9 Å². The Labute approximate surface area is 115 Å². The van der Waals surface area contributed by atoms with E-state index in [0.29, 0.717) is 5.56 Å². The fraction of sp³-hybridized carbons (Fsp3) is 0.0769. The molecular weight excluding hydrogens is 288 g/mol. The monoisotopic (exact) mass is 297 g/mol. The van der Waals surface area contributed by atoms with E-state index >= 15 is 0 Å². The Balaban J connectivity index is 2.23. The predicted octanol–water partition coefficient (Wildman–Crippen LogP) is 3.18.